The molecule has 68 valence electrons. The van der Waals surface area contributed by atoms with Gasteiger partial charge >= 0.3 is 0 Å². The fourth-order valence-electron chi connectivity index (χ4n) is 0.766. The van der Waals surface area contributed by atoms with Crippen LogP contribution in [0.2, 0.25) is 0 Å². The maximum atomic E-state index is 12.6. The van der Waals surface area contributed by atoms with Crippen LogP contribution in [0.5, 0.6) is 5.75 Å². The van der Waals surface area contributed by atoms with Gasteiger partial charge in [-0.3, -0.25) is 0 Å². The van der Waals surface area contributed by atoms with E-state index in [0.717, 1.165) is 0 Å². The highest BCUT2D eigenvalue weighted by molar-refractivity contribution is 5.35. The molecular weight excluding hydrogens is 155 g/mol. The van der Waals surface area contributed by atoms with Gasteiger partial charge in [0.15, 0.2) is 0 Å². The predicted octanol–water partition coefficient (Wildman–Crippen LogP) is 3.17. The number of phenolic OH excluding ortho intramolecular Hbond substituents is 1. The Kier molecular flexibility index (Phi) is 4.34. The van der Waals surface area contributed by atoms with E-state index in [0.29, 0.717) is 11.1 Å². The van der Waals surface area contributed by atoms with Gasteiger partial charge in [-0.15, -0.1) is 0 Å². The fourth-order valence-corrected chi connectivity index (χ4v) is 0.766. The molecule has 1 aromatic carbocycles. The molecule has 2 heteroatoms. The number of halogens is 1. The van der Waals surface area contributed by atoms with Crippen molar-refractivity contribution in [2.45, 2.75) is 27.7 Å². The van der Waals surface area contributed by atoms with Gasteiger partial charge in [0.05, 0.1) is 0 Å². The van der Waals surface area contributed by atoms with E-state index >= 15 is 0 Å². The van der Waals surface area contributed by atoms with Crippen LogP contribution in [0.3, 0.4) is 0 Å². The molecule has 12 heavy (non-hydrogen) atoms. The third kappa shape index (κ3) is 2.53. The van der Waals surface area contributed by atoms with Crippen LogP contribution in [0.4, 0.5) is 4.39 Å². The number of hydrogen-bond acceptors (Lipinski definition) is 1. The minimum absolute atomic E-state index is 0.152. The number of aryl methyl sites for hydroxylation is 2. The molecule has 0 aromatic heterocycles. The minimum Gasteiger partial charge on any atom is -0.508 e. The molecule has 0 saturated heterocycles. The number of aromatic hydroxyl groups is 1. The van der Waals surface area contributed by atoms with E-state index in [4.69, 9.17) is 5.11 Å². The highest BCUT2D eigenvalue weighted by Gasteiger charge is 2.00. The van der Waals surface area contributed by atoms with Gasteiger partial charge < -0.3 is 5.11 Å². The summed E-state index contributed by atoms with van der Waals surface area (Å²) in [6.07, 6.45) is 0. The first-order valence-corrected chi connectivity index (χ1v) is 4.07. The third-order valence-corrected chi connectivity index (χ3v) is 1.48. The Labute approximate surface area is 72.9 Å². The van der Waals surface area contributed by atoms with E-state index in [1.54, 1.807) is 13.8 Å². The summed E-state index contributed by atoms with van der Waals surface area (Å²) in [5.74, 6) is -0.116. The summed E-state index contributed by atoms with van der Waals surface area (Å²) >= 11 is 0. The monoisotopic (exact) mass is 170 g/mol. The number of benzene rings is 1. The van der Waals surface area contributed by atoms with Gasteiger partial charge in [0.2, 0.25) is 0 Å². The first kappa shape index (κ1) is 11.0. The molecule has 0 aliphatic heterocycles. The topological polar surface area (TPSA) is 20.2 Å². The van der Waals surface area contributed by atoms with Crippen LogP contribution in [0, 0.1) is 19.7 Å². The molecule has 0 bridgehead atoms. The van der Waals surface area contributed by atoms with Gasteiger partial charge in [-0.25, -0.2) is 4.39 Å². The molecular formula is C10H15FO. The largest absolute Gasteiger partial charge is 0.508 e. The molecule has 0 spiro atoms. The van der Waals surface area contributed by atoms with E-state index in [9.17, 15) is 4.39 Å². The van der Waals surface area contributed by atoms with Crippen LogP contribution in [0.25, 0.3) is 0 Å². The molecule has 0 aliphatic rings. The smallest absolute Gasteiger partial charge is 0.126 e. The molecule has 0 saturated carbocycles. The molecule has 0 heterocycles. The average Bonchev–Trinajstić information content (AvgIpc) is 2.05. The summed E-state index contributed by atoms with van der Waals surface area (Å²) in [4.78, 5) is 0. The van der Waals surface area contributed by atoms with Crippen molar-refractivity contribution in [1.29, 1.82) is 0 Å². The Morgan fingerprint density at radius 3 is 2.00 bits per heavy atom. The van der Waals surface area contributed by atoms with Crippen LogP contribution >= 0.6 is 0 Å². The zero-order valence-corrected chi connectivity index (χ0v) is 7.98. The highest BCUT2D eigenvalue weighted by Crippen LogP contribution is 2.19. The maximum absolute atomic E-state index is 12.6. The van der Waals surface area contributed by atoms with Crippen LogP contribution in [-0.2, 0) is 0 Å². The molecule has 1 N–H and O–H groups in total. The summed E-state index contributed by atoms with van der Waals surface area (Å²) in [5, 5.41) is 9.06. The van der Waals surface area contributed by atoms with Gasteiger partial charge in [-0.05, 0) is 37.1 Å². The van der Waals surface area contributed by atoms with E-state index in [1.807, 2.05) is 13.8 Å². The van der Waals surface area contributed by atoms with Crippen LogP contribution < -0.4 is 0 Å². The summed E-state index contributed by atoms with van der Waals surface area (Å²) in [6.45, 7) is 7.28. The lowest BCUT2D eigenvalue weighted by Gasteiger charge is -2.00. The van der Waals surface area contributed by atoms with Crippen molar-refractivity contribution >= 4 is 0 Å². The highest BCUT2D eigenvalue weighted by atomic mass is 19.1. The van der Waals surface area contributed by atoms with E-state index in [1.165, 1.54) is 12.1 Å². The quantitative estimate of drug-likeness (QED) is 0.634. The summed E-state index contributed by atoms with van der Waals surface area (Å²) in [6, 6.07) is 2.75. The molecule has 1 nitrogen and oxygen atoms in total. The lowest BCUT2D eigenvalue weighted by molar-refractivity contribution is 0.467. The first-order valence-electron chi connectivity index (χ1n) is 4.07. The van der Waals surface area contributed by atoms with Crippen LogP contribution in [0.15, 0.2) is 12.1 Å². The zero-order valence-electron chi connectivity index (χ0n) is 7.98. The standard InChI is InChI=1S/C8H9FO.C2H6/c1-5-4-8(10)6(2)3-7(5)9;1-2/h3-4,10H,1-2H3;1-2H3. The average molecular weight is 170 g/mol. The molecule has 1 rings (SSSR count). The van der Waals surface area contributed by atoms with Gasteiger partial charge in [0.25, 0.3) is 0 Å². The second-order valence-corrected chi connectivity index (χ2v) is 2.39. The molecule has 0 atom stereocenters. The fraction of sp³-hybridized carbons (Fsp3) is 0.400. The lowest BCUT2D eigenvalue weighted by atomic mass is 10.1. The Morgan fingerprint density at radius 1 is 1.08 bits per heavy atom. The van der Waals surface area contributed by atoms with Crippen molar-refractivity contribution in [2.24, 2.45) is 0 Å². The number of hydrogen-bond donors (Lipinski definition) is 1. The molecule has 0 fully saturated rings. The van der Waals surface area contributed by atoms with Crippen molar-refractivity contribution in [3.8, 4) is 5.75 Å². The Balaban J connectivity index is 0.000000561. The molecule has 0 radical (unpaired) electrons. The van der Waals surface area contributed by atoms with Crippen molar-refractivity contribution < 1.29 is 9.50 Å². The Hall–Kier alpha value is -1.05. The normalized spacial score (nSPS) is 8.75. The second-order valence-electron chi connectivity index (χ2n) is 2.39. The summed E-state index contributed by atoms with van der Waals surface area (Å²) in [5.41, 5.74) is 1.05. The Bertz CT molecular complexity index is 206. The van der Waals surface area contributed by atoms with E-state index < -0.39 is 0 Å². The minimum atomic E-state index is -0.268. The molecule has 0 aliphatic carbocycles. The zero-order chi connectivity index (χ0) is 9.72. The van der Waals surface area contributed by atoms with Crippen LogP contribution in [0.1, 0.15) is 25.0 Å². The van der Waals surface area contributed by atoms with Crippen LogP contribution in [-0.4, -0.2) is 5.11 Å². The van der Waals surface area contributed by atoms with E-state index in [2.05, 4.69) is 0 Å². The van der Waals surface area contributed by atoms with Crippen molar-refractivity contribution in [3.05, 3.63) is 29.1 Å². The number of rotatable bonds is 0. The summed E-state index contributed by atoms with van der Waals surface area (Å²) in [7, 11) is 0. The predicted molar refractivity (Wildman–Crippen MR) is 48.9 cm³/mol. The SMILES string of the molecule is CC.Cc1cc(F)c(C)cc1O. The summed E-state index contributed by atoms with van der Waals surface area (Å²) < 4.78 is 12.6. The maximum Gasteiger partial charge on any atom is 0.126 e. The van der Waals surface area contributed by atoms with Gasteiger partial charge in [-0.1, -0.05) is 13.8 Å². The molecule has 1 aromatic rings. The second kappa shape index (κ2) is 4.75. The van der Waals surface area contributed by atoms with Gasteiger partial charge in [-0.2, -0.15) is 0 Å². The number of phenols is 1. The van der Waals surface area contributed by atoms with Crippen molar-refractivity contribution in [3.63, 3.8) is 0 Å². The van der Waals surface area contributed by atoms with Gasteiger partial charge in [0, 0.05) is 0 Å². The molecule has 0 amide bonds. The first-order chi connectivity index (χ1) is 5.61. The third-order valence-electron chi connectivity index (χ3n) is 1.48. The van der Waals surface area contributed by atoms with Crippen molar-refractivity contribution in [2.75, 3.05) is 0 Å². The van der Waals surface area contributed by atoms with Gasteiger partial charge in [0.1, 0.15) is 11.6 Å². The lowest BCUT2D eigenvalue weighted by Crippen LogP contribution is -1.83. The molecule has 0 unspecified atom stereocenters. The Morgan fingerprint density at radius 2 is 1.58 bits per heavy atom. The van der Waals surface area contributed by atoms with E-state index in [-0.39, 0.29) is 11.6 Å². The van der Waals surface area contributed by atoms with Crippen molar-refractivity contribution in [1.82, 2.24) is 0 Å².